The Morgan fingerprint density at radius 1 is 1.32 bits per heavy atom. The van der Waals surface area contributed by atoms with Gasteiger partial charge in [0.2, 0.25) is 5.91 Å². The molecule has 0 bridgehead atoms. The highest BCUT2D eigenvalue weighted by atomic mass is 16.1. The molecule has 3 heteroatoms. The predicted molar refractivity (Wildman–Crippen MR) is 80.1 cm³/mol. The molecule has 0 fully saturated rings. The molecular formula is C16H26N2O. The zero-order valence-electron chi connectivity index (χ0n) is 12.5. The van der Waals surface area contributed by atoms with Gasteiger partial charge in [0.15, 0.2) is 0 Å². The zero-order chi connectivity index (χ0) is 14.5. The second-order valence-electron chi connectivity index (χ2n) is 6.08. The lowest BCUT2D eigenvalue weighted by Gasteiger charge is -2.22. The van der Waals surface area contributed by atoms with Gasteiger partial charge in [-0.15, -0.1) is 0 Å². The Morgan fingerprint density at radius 2 is 2.00 bits per heavy atom. The normalized spacial score (nSPS) is 11.4. The maximum absolute atomic E-state index is 11.8. The van der Waals surface area contributed by atoms with E-state index in [4.69, 9.17) is 5.73 Å². The Balaban J connectivity index is 2.42. The van der Waals surface area contributed by atoms with Crippen molar-refractivity contribution in [3.05, 3.63) is 34.9 Å². The number of hydrogen-bond donors (Lipinski definition) is 2. The molecular weight excluding hydrogens is 236 g/mol. The van der Waals surface area contributed by atoms with Gasteiger partial charge in [-0.2, -0.15) is 0 Å². The van der Waals surface area contributed by atoms with Crippen molar-refractivity contribution < 1.29 is 4.79 Å². The van der Waals surface area contributed by atoms with E-state index in [1.54, 1.807) is 0 Å². The molecule has 0 aliphatic carbocycles. The van der Waals surface area contributed by atoms with Crippen LogP contribution in [0.1, 0.15) is 37.0 Å². The SMILES string of the molecule is Cc1ccc(CCC(=O)NCC(C)(C)CN)c(C)c1. The van der Waals surface area contributed by atoms with Crippen LogP contribution in [0.2, 0.25) is 0 Å². The van der Waals surface area contributed by atoms with Crippen molar-refractivity contribution in [1.82, 2.24) is 5.32 Å². The molecule has 106 valence electrons. The molecule has 0 unspecified atom stereocenters. The Bertz CT molecular complexity index is 438. The molecule has 1 amide bonds. The molecule has 1 rings (SSSR count). The third-order valence-electron chi connectivity index (χ3n) is 3.44. The fourth-order valence-corrected chi connectivity index (χ4v) is 1.87. The van der Waals surface area contributed by atoms with Gasteiger partial charge in [-0.3, -0.25) is 4.79 Å². The van der Waals surface area contributed by atoms with Crippen LogP contribution in [0.15, 0.2) is 18.2 Å². The molecule has 1 aromatic rings. The summed E-state index contributed by atoms with van der Waals surface area (Å²) in [5, 5.41) is 2.96. The quantitative estimate of drug-likeness (QED) is 0.826. The summed E-state index contributed by atoms with van der Waals surface area (Å²) in [5.41, 5.74) is 9.38. The number of carbonyl (C=O) groups is 1. The number of amides is 1. The van der Waals surface area contributed by atoms with Gasteiger partial charge in [-0.25, -0.2) is 0 Å². The van der Waals surface area contributed by atoms with Crippen LogP contribution in [-0.2, 0) is 11.2 Å². The highest BCUT2D eigenvalue weighted by molar-refractivity contribution is 5.76. The van der Waals surface area contributed by atoms with E-state index < -0.39 is 0 Å². The zero-order valence-corrected chi connectivity index (χ0v) is 12.5. The van der Waals surface area contributed by atoms with Crippen LogP contribution in [0.5, 0.6) is 0 Å². The highest BCUT2D eigenvalue weighted by Crippen LogP contribution is 2.13. The van der Waals surface area contributed by atoms with Crippen molar-refractivity contribution in [2.75, 3.05) is 13.1 Å². The van der Waals surface area contributed by atoms with Gasteiger partial charge in [0.1, 0.15) is 0 Å². The fourth-order valence-electron chi connectivity index (χ4n) is 1.87. The lowest BCUT2D eigenvalue weighted by molar-refractivity contribution is -0.121. The topological polar surface area (TPSA) is 55.1 Å². The van der Waals surface area contributed by atoms with Gasteiger partial charge in [0, 0.05) is 13.0 Å². The Labute approximate surface area is 116 Å². The molecule has 3 nitrogen and oxygen atoms in total. The van der Waals surface area contributed by atoms with Crippen molar-refractivity contribution in [1.29, 1.82) is 0 Å². The van der Waals surface area contributed by atoms with Crippen molar-refractivity contribution >= 4 is 5.91 Å². The summed E-state index contributed by atoms with van der Waals surface area (Å²) in [4.78, 5) is 11.8. The van der Waals surface area contributed by atoms with E-state index in [2.05, 4.69) is 51.2 Å². The summed E-state index contributed by atoms with van der Waals surface area (Å²) in [6.45, 7) is 9.49. The Hall–Kier alpha value is -1.35. The largest absolute Gasteiger partial charge is 0.356 e. The summed E-state index contributed by atoms with van der Waals surface area (Å²) < 4.78 is 0. The van der Waals surface area contributed by atoms with Crippen molar-refractivity contribution in [2.45, 2.75) is 40.5 Å². The average molecular weight is 262 g/mol. The number of benzene rings is 1. The number of aryl methyl sites for hydroxylation is 3. The minimum absolute atomic E-state index is 0.0323. The average Bonchev–Trinajstić information content (AvgIpc) is 2.35. The first-order valence-electron chi connectivity index (χ1n) is 6.87. The lowest BCUT2D eigenvalue weighted by Crippen LogP contribution is -2.38. The van der Waals surface area contributed by atoms with E-state index in [9.17, 15) is 4.79 Å². The maximum Gasteiger partial charge on any atom is 0.220 e. The van der Waals surface area contributed by atoms with Gasteiger partial charge >= 0.3 is 0 Å². The standard InChI is InChI=1S/C16H26N2O/c1-12-5-6-14(13(2)9-12)7-8-15(19)18-11-16(3,4)10-17/h5-6,9H,7-8,10-11,17H2,1-4H3,(H,18,19). The second-order valence-corrected chi connectivity index (χ2v) is 6.08. The van der Waals surface area contributed by atoms with E-state index in [-0.39, 0.29) is 11.3 Å². The van der Waals surface area contributed by atoms with E-state index in [1.165, 1.54) is 16.7 Å². The van der Waals surface area contributed by atoms with Crippen LogP contribution in [0.4, 0.5) is 0 Å². The van der Waals surface area contributed by atoms with Crippen LogP contribution in [-0.4, -0.2) is 19.0 Å². The molecule has 1 aromatic carbocycles. The van der Waals surface area contributed by atoms with E-state index in [0.717, 1.165) is 6.42 Å². The summed E-state index contributed by atoms with van der Waals surface area (Å²) in [5.74, 6) is 0.0986. The Morgan fingerprint density at radius 3 is 2.58 bits per heavy atom. The molecule has 0 spiro atoms. The minimum Gasteiger partial charge on any atom is -0.356 e. The molecule has 0 heterocycles. The third-order valence-corrected chi connectivity index (χ3v) is 3.44. The van der Waals surface area contributed by atoms with Crippen LogP contribution in [0, 0.1) is 19.3 Å². The first-order valence-corrected chi connectivity index (χ1v) is 6.87. The summed E-state index contributed by atoms with van der Waals surface area (Å²) >= 11 is 0. The summed E-state index contributed by atoms with van der Waals surface area (Å²) in [6.07, 6.45) is 1.32. The van der Waals surface area contributed by atoms with E-state index >= 15 is 0 Å². The van der Waals surface area contributed by atoms with Gasteiger partial charge in [-0.1, -0.05) is 37.6 Å². The minimum atomic E-state index is -0.0323. The molecule has 0 saturated heterocycles. The van der Waals surface area contributed by atoms with Crippen LogP contribution < -0.4 is 11.1 Å². The highest BCUT2D eigenvalue weighted by Gasteiger charge is 2.16. The van der Waals surface area contributed by atoms with Crippen LogP contribution >= 0.6 is 0 Å². The van der Waals surface area contributed by atoms with Crippen molar-refractivity contribution in [3.8, 4) is 0 Å². The molecule has 0 aromatic heterocycles. The molecule has 0 aliphatic heterocycles. The monoisotopic (exact) mass is 262 g/mol. The van der Waals surface area contributed by atoms with Crippen LogP contribution in [0.25, 0.3) is 0 Å². The number of hydrogen-bond acceptors (Lipinski definition) is 2. The van der Waals surface area contributed by atoms with Gasteiger partial charge in [0.05, 0.1) is 0 Å². The number of carbonyl (C=O) groups excluding carboxylic acids is 1. The first-order chi connectivity index (χ1) is 8.84. The summed E-state index contributed by atoms with van der Waals surface area (Å²) in [6, 6.07) is 6.37. The molecule has 19 heavy (non-hydrogen) atoms. The van der Waals surface area contributed by atoms with Crippen molar-refractivity contribution in [2.24, 2.45) is 11.1 Å². The Kier molecular flexibility index (Phi) is 5.55. The first kappa shape index (κ1) is 15.7. The van der Waals surface area contributed by atoms with Gasteiger partial charge in [0.25, 0.3) is 0 Å². The van der Waals surface area contributed by atoms with Gasteiger partial charge in [-0.05, 0) is 43.4 Å². The smallest absolute Gasteiger partial charge is 0.220 e. The molecule has 0 atom stereocenters. The maximum atomic E-state index is 11.8. The van der Waals surface area contributed by atoms with E-state index in [1.807, 2.05) is 0 Å². The number of rotatable bonds is 6. The molecule has 0 saturated carbocycles. The molecule has 0 aliphatic rings. The van der Waals surface area contributed by atoms with Crippen molar-refractivity contribution in [3.63, 3.8) is 0 Å². The molecule has 0 radical (unpaired) electrons. The third kappa shape index (κ3) is 5.43. The number of nitrogens with two attached hydrogens (primary N) is 1. The van der Waals surface area contributed by atoms with Gasteiger partial charge < -0.3 is 11.1 Å². The van der Waals surface area contributed by atoms with E-state index in [0.29, 0.717) is 19.5 Å². The molecule has 3 N–H and O–H groups in total. The predicted octanol–water partition coefficient (Wildman–Crippen LogP) is 2.34. The lowest BCUT2D eigenvalue weighted by atomic mass is 9.94. The fraction of sp³-hybridized carbons (Fsp3) is 0.562. The summed E-state index contributed by atoms with van der Waals surface area (Å²) in [7, 11) is 0. The van der Waals surface area contributed by atoms with Crippen LogP contribution in [0.3, 0.4) is 0 Å². The second kappa shape index (κ2) is 6.71. The number of nitrogens with one attached hydrogen (secondary N) is 1.